The number of carbonyl (C=O) groups excluding carboxylic acids is 2. The summed E-state index contributed by atoms with van der Waals surface area (Å²) in [5, 5.41) is 23.1. The number of nitrogens with one attached hydrogen (secondary N) is 1. The van der Waals surface area contributed by atoms with Crippen LogP contribution < -0.4 is 5.32 Å². The largest absolute Gasteiger partial charge is 0.466 e. The monoisotopic (exact) mass is 944 g/mol. The van der Waals surface area contributed by atoms with Gasteiger partial charge in [-0.05, 0) is 77.0 Å². The van der Waals surface area contributed by atoms with E-state index >= 15 is 0 Å². The van der Waals surface area contributed by atoms with Crippen molar-refractivity contribution in [1.29, 1.82) is 0 Å². The molecule has 0 aliphatic rings. The van der Waals surface area contributed by atoms with Crippen molar-refractivity contribution in [2.24, 2.45) is 0 Å². The smallest absolute Gasteiger partial charge is 0.305 e. The maximum atomic E-state index is 12.4. The third-order valence-corrected chi connectivity index (χ3v) is 14.0. The second kappa shape index (κ2) is 56.9. The van der Waals surface area contributed by atoms with E-state index in [9.17, 15) is 19.8 Å². The number of ether oxygens (including phenoxy) is 1. The number of hydrogen-bond donors (Lipinski definition) is 3. The van der Waals surface area contributed by atoms with E-state index in [4.69, 9.17) is 4.74 Å². The van der Waals surface area contributed by atoms with Crippen LogP contribution in [0.25, 0.3) is 0 Å². The molecule has 0 aromatic carbocycles. The fraction of sp³-hybridized carbons (Fsp3) is 0.902. The van der Waals surface area contributed by atoms with Crippen molar-refractivity contribution in [3.63, 3.8) is 0 Å². The van der Waals surface area contributed by atoms with E-state index in [0.29, 0.717) is 25.9 Å². The molecule has 0 aromatic rings. The lowest BCUT2D eigenvalue weighted by Gasteiger charge is -2.22. The molecule has 0 radical (unpaired) electrons. The minimum Gasteiger partial charge on any atom is -0.466 e. The molecule has 0 heterocycles. The predicted octanol–water partition coefficient (Wildman–Crippen LogP) is 18.6. The average molecular weight is 945 g/mol. The number of unbranched alkanes of at least 4 members (excludes halogenated alkanes) is 41. The van der Waals surface area contributed by atoms with E-state index in [0.717, 1.165) is 44.9 Å². The Bertz CT molecular complexity index is 1040. The summed E-state index contributed by atoms with van der Waals surface area (Å²) in [6, 6.07) is -0.541. The molecule has 0 bridgehead atoms. The zero-order valence-corrected chi connectivity index (χ0v) is 45.1. The van der Waals surface area contributed by atoms with E-state index in [2.05, 4.69) is 43.5 Å². The molecule has 6 heteroatoms. The molecular formula is C61H117NO5. The molecule has 2 unspecified atom stereocenters. The maximum Gasteiger partial charge on any atom is 0.305 e. The van der Waals surface area contributed by atoms with Gasteiger partial charge in [-0.15, -0.1) is 0 Å². The molecule has 0 rings (SSSR count). The Balaban J connectivity index is 3.36. The van der Waals surface area contributed by atoms with Gasteiger partial charge in [-0.2, -0.15) is 0 Å². The van der Waals surface area contributed by atoms with Crippen LogP contribution in [0.5, 0.6) is 0 Å². The number of aliphatic hydroxyl groups is 2. The normalized spacial score (nSPS) is 12.7. The molecule has 0 spiro atoms. The molecule has 6 nitrogen and oxygen atoms in total. The second-order valence-corrected chi connectivity index (χ2v) is 20.7. The molecule has 0 aromatic heterocycles. The summed E-state index contributed by atoms with van der Waals surface area (Å²) in [5.74, 6) is -0.0338. The van der Waals surface area contributed by atoms with Crippen LogP contribution in [0.1, 0.15) is 328 Å². The summed E-state index contributed by atoms with van der Waals surface area (Å²) < 4.78 is 5.48. The minimum atomic E-state index is -0.663. The summed E-state index contributed by atoms with van der Waals surface area (Å²) in [7, 11) is 0. The third-order valence-electron chi connectivity index (χ3n) is 14.0. The molecule has 0 aliphatic heterocycles. The predicted molar refractivity (Wildman–Crippen MR) is 292 cm³/mol. The summed E-state index contributed by atoms with van der Waals surface area (Å²) in [4.78, 5) is 24.5. The molecule has 1 amide bonds. The fourth-order valence-corrected chi connectivity index (χ4v) is 9.34. The second-order valence-electron chi connectivity index (χ2n) is 20.7. The van der Waals surface area contributed by atoms with Crippen LogP contribution >= 0.6 is 0 Å². The van der Waals surface area contributed by atoms with Crippen molar-refractivity contribution in [2.45, 2.75) is 341 Å². The molecule has 67 heavy (non-hydrogen) atoms. The molecule has 3 N–H and O–H groups in total. The average Bonchev–Trinajstić information content (AvgIpc) is 3.33. The van der Waals surface area contributed by atoms with Crippen molar-refractivity contribution in [3.05, 3.63) is 24.3 Å². The van der Waals surface area contributed by atoms with Crippen LogP contribution in [-0.4, -0.2) is 47.4 Å². The molecular weight excluding hydrogens is 827 g/mol. The minimum absolute atomic E-state index is 0.00613. The first kappa shape index (κ1) is 65.3. The number of amides is 1. The third kappa shape index (κ3) is 53.5. The first-order valence-electron chi connectivity index (χ1n) is 30.1. The molecule has 0 saturated heterocycles. The number of carbonyl (C=O) groups is 2. The number of aliphatic hydroxyl groups excluding tert-OH is 2. The summed E-state index contributed by atoms with van der Waals surface area (Å²) in [5.41, 5.74) is 0. The van der Waals surface area contributed by atoms with Crippen molar-refractivity contribution in [3.8, 4) is 0 Å². The van der Waals surface area contributed by atoms with Gasteiger partial charge in [0, 0.05) is 12.8 Å². The van der Waals surface area contributed by atoms with E-state index in [-0.39, 0.29) is 18.5 Å². The van der Waals surface area contributed by atoms with Crippen LogP contribution in [0, 0.1) is 0 Å². The summed E-state index contributed by atoms with van der Waals surface area (Å²) >= 11 is 0. The van der Waals surface area contributed by atoms with Crippen molar-refractivity contribution >= 4 is 11.9 Å². The Morgan fingerprint density at radius 2 is 0.701 bits per heavy atom. The van der Waals surface area contributed by atoms with Crippen molar-refractivity contribution < 1.29 is 24.5 Å². The van der Waals surface area contributed by atoms with E-state index in [1.54, 1.807) is 0 Å². The molecule has 396 valence electrons. The highest BCUT2D eigenvalue weighted by Gasteiger charge is 2.20. The molecule has 0 saturated carbocycles. The Hall–Kier alpha value is -1.66. The first-order chi connectivity index (χ1) is 33.0. The Morgan fingerprint density at radius 3 is 1.06 bits per heavy atom. The highest BCUT2D eigenvalue weighted by molar-refractivity contribution is 5.76. The van der Waals surface area contributed by atoms with Crippen LogP contribution in [0.3, 0.4) is 0 Å². The highest BCUT2D eigenvalue weighted by atomic mass is 16.5. The molecule has 0 fully saturated rings. The van der Waals surface area contributed by atoms with Gasteiger partial charge in [-0.25, -0.2) is 0 Å². The lowest BCUT2D eigenvalue weighted by Crippen LogP contribution is -2.45. The van der Waals surface area contributed by atoms with Crippen LogP contribution in [0.15, 0.2) is 24.3 Å². The highest BCUT2D eigenvalue weighted by Crippen LogP contribution is 2.17. The topological polar surface area (TPSA) is 95.9 Å². The number of hydrogen-bond acceptors (Lipinski definition) is 5. The quantitative estimate of drug-likeness (QED) is 0.0321. The van der Waals surface area contributed by atoms with E-state index in [1.165, 1.54) is 250 Å². The van der Waals surface area contributed by atoms with Gasteiger partial charge >= 0.3 is 5.97 Å². The Morgan fingerprint density at radius 1 is 0.403 bits per heavy atom. The standard InChI is InChI=1S/C61H117NO5/c1-3-5-7-9-11-13-14-15-16-29-32-35-39-43-47-51-55-61(66)67-56-52-48-44-40-36-33-30-27-25-23-21-19-17-18-20-22-24-26-28-31-34-38-42-46-50-54-60(65)62-58(57-63)59(64)53-49-45-41-37-12-10-8-6-4-2/h16,18,20,29,58-59,63-64H,3-15,17,19,21-28,30-57H2,1-2H3,(H,62,65)/b20-18-,29-16-. The van der Waals surface area contributed by atoms with Gasteiger partial charge in [0.1, 0.15) is 0 Å². The summed E-state index contributed by atoms with van der Waals surface area (Å²) in [6.45, 7) is 4.93. The lowest BCUT2D eigenvalue weighted by atomic mass is 10.0. The first-order valence-corrected chi connectivity index (χ1v) is 30.1. The van der Waals surface area contributed by atoms with E-state index < -0.39 is 12.1 Å². The molecule has 0 aliphatic carbocycles. The zero-order chi connectivity index (χ0) is 48.6. The Labute approximate surface area is 418 Å². The SMILES string of the molecule is CCCCCCCCC/C=C\CCCCCCCC(=O)OCCCCCCCCCCCCCC/C=C\CCCCCCCCCCCC(=O)NC(CO)C(O)CCCCCCCCCCC. The zero-order valence-electron chi connectivity index (χ0n) is 45.1. The van der Waals surface area contributed by atoms with Crippen LogP contribution in [0.2, 0.25) is 0 Å². The van der Waals surface area contributed by atoms with Gasteiger partial charge in [0.05, 0.1) is 25.4 Å². The number of allylic oxidation sites excluding steroid dienone is 4. The molecule has 2 atom stereocenters. The van der Waals surface area contributed by atoms with Gasteiger partial charge in [0.15, 0.2) is 0 Å². The van der Waals surface area contributed by atoms with Gasteiger partial charge in [-0.1, -0.05) is 263 Å². The van der Waals surface area contributed by atoms with Crippen LogP contribution in [0.4, 0.5) is 0 Å². The van der Waals surface area contributed by atoms with Crippen molar-refractivity contribution in [2.75, 3.05) is 13.2 Å². The van der Waals surface area contributed by atoms with Gasteiger partial charge in [-0.3, -0.25) is 9.59 Å². The van der Waals surface area contributed by atoms with Gasteiger partial charge in [0.25, 0.3) is 0 Å². The number of rotatable bonds is 56. The van der Waals surface area contributed by atoms with Gasteiger partial charge in [0.2, 0.25) is 5.91 Å². The lowest BCUT2D eigenvalue weighted by molar-refractivity contribution is -0.143. The fourth-order valence-electron chi connectivity index (χ4n) is 9.34. The van der Waals surface area contributed by atoms with Crippen molar-refractivity contribution in [1.82, 2.24) is 5.32 Å². The maximum absolute atomic E-state index is 12.4. The van der Waals surface area contributed by atoms with Gasteiger partial charge < -0.3 is 20.3 Å². The number of esters is 1. The van der Waals surface area contributed by atoms with E-state index in [1.807, 2.05) is 0 Å². The Kier molecular flexibility index (Phi) is 55.5. The summed E-state index contributed by atoms with van der Waals surface area (Å²) in [6.07, 6.45) is 69.1. The van der Waals surface area contributed by atoms with Crippen LogP contribution in [-0.2, 0) is 14.3 Å².